The second-order valence-electron chi connectivity index (χ2n) is 5.33. The van der Waals surface area contributed by atoms with Crippen molar-refractivity contribution in [1.82, 2.24) is 15.4 Å². The minimum atomic E-state index is -3.49. The summed E-state index contributed by atoms with van der Waals surface area (Å²) in [6.07, 6.45) is 0.553. The molecule has 0 spiro atoms. The molecule has 8 nitrogen and oxygen atoms in total. The van der Waals surface area contributed by atoms with Gasteiger partial charge in [0.15, 0.2) is 15.8 Å². The van der Waals surface area contributed by atoms with E-state index in [4.69, 9.17) is 0 Å². The van der Waals surface area contributed by atoms with Gasteiger partial charge in [-0.2, -0.15) is 0 Å². The second-order valence-corrected chi connectivity index (χ2v) is 10.5. The molecule has 0 aliphatic carbocycles. The smallest absolute Gasteiger partial charge is 0.250 e. The molecule has 0 radical (unpaired) electrons. The molecule has 2 rings (SSSR count). The minimum Gasteiger partial charge on any atom is -0.357 e. The fourth-order valence-corrected chi connectivity index (χ4v) is 5.99. The van der Waals surface area contributed by atoms with Crippen LogP contribution in [0.3, 0.4) is 0 Å². The van der Waals surface area contributed by atoms with Crippen LogP contribution >= 0.6 is 35.3 Å². The molecule has 1 aromatic heterocycles. The number of aliphatic imine (C=N–C) groups is 1. The maximum absolute atomic E-state index is 12.0. The molecule has 144 valence electrons. The van der Waals surface area contributed by atoms with E-state index in [1.165, 1.54) is 0 Å². The molecule has 1 unspecified atom stereocenters. The number of halogens is 1. The molecule has 3 N–H and O–H groups in total. The van der Waals surface area contributed by atoms with Gasteiger partial charge in [0.1, 0.15) is 4.21 Å². The van der Waals surface area contributed by atoms with Crippen molar-refractivity contribution in [2.75, 3.05) is 31.1 Å². The quantitative estimate of drug-likeness (QED) is 0.207. The topological polar surface area (TPSA) is 117 Å². The Morgan fingerprint density at radius 1 is 1.44 bits per heavy atom. The highest BCUT2D eigenvalue weighted by Gasteiger charge is 2.28. The number of hydrogen-bond acceptors (Lipinski definition) is 6. The Bertz CT molecular complexity index is 763. The van der Waals surface area contributed by atoms with E-state index in [1.807, 2.05) is 6.92 Å². The molecular formula is C13H23IN4O4S3. The Balaban J connectivity index is 0.00000312. The molecule has 1 saturated heterocycles. The maximum Gasteiger partial charge on any atom is 0.250 e. The van der Waals surface area contributed by atoms with E-state index in [1.54, 1.807) is 17.5 Å². The van der Waals surface area contributed by atoms with Crippen molar-refractivity contribution >= 4 is 61.1 Å². The number of sulfone groups is 1. The average molecular weight is 522 g/mol. The van der Waals surface area contributed by atoms with E-state index in [0.29, 0.717) is 18.9 Å². The molecule has 2 heterocycles. The first-order chi connectivity index (χ1) is 11.3. The number of thiophene rings is 1. The SMILES string of the molecule is CCNC(=NCCNS(=O)(=O)c1cccs1)NC1CCS(=O)(=O)C1.I. The molecular weight excluding hydrogens is 499 g/mol. The van der Waals surface area contributed by atoms with Crippen LogP contribution < -0.4 is 15.4 Å². The molecule has 1 aliphatic rings. The zero-order chi connectivity index (χ0) is 17.6. The Kier molecular flexibility index (Phi) is 9.08. The highest BCUT2D eigenvalue weighted by Crippen LogP contribution is 2.14. The van der Waals surface area contributed by atoms with Crippen LogP contribution in [0.5, 0.6) is 0 Å². The predicted octanol–water partition coefficient (Wildman–Crippen LogP) is 0.387. The van der Waals surface area contributed by atoms with Gasteiger partial charge in [0.2, 0.25) is 10.0 Å². The monoisotopic (exact) mass is 522 g/mol. The van der Waals surface area contributed by atoms with Gasteiger partial charge in [0.05, 0.1) is 18.1 Å². The van der Waals surface area contributed by atoms with Gasteiger partial charge in [-0.05, 0) is 24.8 Å². The molecule has 1 aromatic rings. The lowest BCUT2D eigenvalue weighted by atomic mass is 10.3. The summed E-state index contributed by atoms with van der Waals surface area (Å²) in [5.74, 6) is 0.780. The highest BCUT2D eigenvalue weighted by atomic mass is 127. The van der Waals surface area contributed by atoms with Gasteiger partial charge in [0, 0.05) is 19.1 Å². The third-order valence-corrected chi connectivity index (χ3v) is 7.98. The van der Waals surface area contributed by atoms with Crippen LogP contribution in [0, 0.1) is 0 Å². The van der Waals surface area contributed by atoms with Gasteiger partial charge < -0.3 is 10.6 Å². The fraction of sp³-hybridized carbons (Fsp3) is 0.615. The van der Waals surface area contributed by atoms with Crippen LogP contribution in [-0.2, 0) is 19.9 Å². The molecule has 0 saturated carbocycles. The minimum absolute atomic E-state index is 0. The summed E-state index contributed by atoms with van der Waals surface area (Å²) in [7, 11) is -6.45. The van der Waals surface area contributed by atoms with E-state index >= 15 is 0 Å². The zero-order valence-electron chi connectivity index (χ0n) is 13.8. The lowest BCUT2D eigenvalue weighted by Crippen LogP contribution is -2.44. The van der Waals surface area contributed by atoms with E-state index < -0.39 is 19.9 Å². The first-order valence-corrected chi connectivity index (χ1v) is 11.8. The maximum atomic E-state index is 12.0. The number of sulfonamides is 1. The Morgan fingerprint density at radius 3 is 2.76 bits per heavy atom. The largest absolute Gasteiger partial charge is 0.357 e. The standard InChI is InChI=1S/C13H22N4O4S3.HI/c1-2-14-13(17-11-5-9-23(18,19)10-11)15-6-7-16-24(20,21)12-4-3-8-22-12;/h3-4,8,11,16H,2,5-7,9-10H2,1H3,(H2,14,15,17);1H. The van der Waals surface area contributed by atoms with E-state index in [9.17, 15) is 16.8 Å². The van der Waals surface area contributed by atoms with E-state index in [2.05, 4.69) is 20.3 Å². The molecule has 1 atom stereocenters. The number of rotatable bonds is 7. The molecule has 1 aliphatic heterocycles. The predicted molar refractivity (Wildman–Crippen MR) is 111 cm³/mol. The zero-order valence-corrected chi connectivity index (χ0v) is 18.5. The molecule has 25 heavy (non-hydrogen) atoms. The van der Waals surface area contributed by atoms with Gasteiger partial charge in [0.25, 0.3) is 0 Å². The molecule has 12 heteroatoms. The Morgan fingerprint density at radius 2 is 2.20 bits per heavy atom. The molecule has 0 bridgehead atoms. The lowest BCUT2D eigenvalue weighted by Gasteiger charge is -2.15. The van der Waals surface area contributed by atoms with Crippen LogP contribution in [0.15, 0.2) is 26.7 Å². The van der Waals surface area contributed by atoms with Crippen molar-refractivity contribution in [1.29, 1.82) is 0 Å². The van der Waals surface area contributed by atoms with Crippen molar-refractivity contribution in [2.24, 2.45) is 4.99 Å². The summed E-state index contributed by atoms with van der Waals surface area (Å²) in [6, 6.07) is 3.07. The van der Waals surface area contributed by atoms with E-state index in [-0.39, 0.29) is 58.8 Å². The Labute approximate surface area is 169 Å². The average Bonchev–Trinajstić information content (AvgIpc) is 3.14. The Hall–Kier alpha value is -0.440. The highest BCUT2D eigenvalue weighted by molar-refractivity contribution is 14.0. The molecule has 0 aromatic carbocycles. The third kappa shape index (κ3) is 7.37. The van der Waals surface area contributed by atoms with Crippen molar-refractivity contribution in [3.8, 4) is 0 Å². The van der Waals surface area contributed by atoms with Gasteiger partial charge in [-0.15, -0.1) is 35.3 Å². The van der Waals surface area contributed by atoms with Gasteiger partial charge in [-0.3, -0.25) is 4.99 Å². The summed E-state index contributed by atoms with van der Waals surface area (Å²) in [6.45, 7) is 2.95. The number of hydrogen-bond donors (Lipinski definition) is 3. The lowest BCUT2D eigenvalue weighted by molar-refractivity contribution is 0.583. The number of guanidine groups is 1. The van der Waals surface area contributed by atoms with Gasteiger partial charge >= 0.3 is 0 Å². The first-order valence-electron chi connectivity index (χ1n) is 7.61. The number of nitrogens with one attached hydrogen (secondary N) is 3. The fourth-order valence-electron chi connectivity index (χ4n) is 2.26. The first kappa shape index (κ1) is 22.6. The van der Waals surface area contributed by atoms with Gasteiger partial charge in [-0.1, -0.05) is 6.07 Å². The van der Waals surface area contributed by atoms with Crippen molar-refractivity contribution in [2.45, 2.75) is 23.6 Å². The second kappa shape index (κ2) is 10.0. The normalized spacial score (nSPS) is 20.0. The van der Waals surface area contributed by atoms with Crippen LogP contribution in [-0.4, -0.2) is 60.0 Å². The summed E-state index contributed by atoms with van der Waals surface area (Å²) in [5, 5.41) is 7.82. The number of nitrogens with zero attached hydrogens (tertiary/aromatic N) is 1. The summed E-state index contributed by atoms with van der Waals surface area (Å²) >= 11 is 1.16. The summed E-state index contributed by atoms with van der Waals surface area (Å²) in [5.41, 5.74) is 0. The van der Waals surface area contributed by atoms with E-state index in [0.717, 1.165) is 11.3 Å². The van der Waals surface area contributed by atoms with Crippen molar-refractivity contribution in [3.63, 3.8) is 0 Å². The third-order valence-electron chi connectivity index (χ3n) is 3.35. The molecule has 0 amide bonds. The molecule has 1 fully saturated rings. The van der Waals surface area contributed by atoms with Crippen molar-refractivity contribution < 1.29 is 16.8 Å². The van der Waals surface area contributed by atoms with Gasteiger partial charge in [-0.25, -0.2) is 21.6 Å². The van der Waals surface area contributed by atoms with Crippen LogP contribution in [0.25, 0.3) is 0 Å². The summed E-state index contributed by atoms with van der Waals surface area (Å²) < 4.78 is 49.7. The van der Waals surface area contributed by atoms with Crippen LogP contribution in [0.1, 0.15) is 13.3 Å². The van der Waals surface area contributed by atoms with Crippen LogP contribution in [0.2, 0.25) is 0 Å². The van der Waals surface area contributed by atoms with Crippen LogP contribution in [0.4, 0.5) is 0 Å². The van der Waals surface area contributed by atoms with Crippen molar-refractivity contribution in [3.05, 3.63) is 17.5 Å². The summed E-state index contributed by atoms with van der Waals surface area (Å²) in [4.78, 5) is 4.29.